The van der Waals surface area contributed by atoms with E-state index in [0.29, 0.717) is 5.75 Å². The summed E-state index contributed by atoms with van der Waals surface area (Å²) in [4.78, 5) is 12.9. The molecule has 0 atom stereocenters. The van der Waals surface area contributed by atoms with Crippen LogP contribution < -0.4 is 4.74 Å². The van der Waals surface area contributed by atoms with Gasteiger partial charge in [-0.25, -0.2) is 4.68 Å². The molecule has 1 aromatic heterocycles. The molecule has 1 heterocycles. The number of carbonyl (C=O) groups is 1. The van der Waals surface area contributed by atoms with Crippen LogP contribution in [0.15, 0.2) is 30.6 Å². The minimum absolute atomic E-state index is 0.00601. The zero-order chi connectivity index (χ0) is 13.0. The highest BCUT2D eigenvalue weighted by molar-refractivity contribution is 5.77. The summed E-state index contributed by atoms with van der Waals surface area (Å²) in [5, 5.41) is 10.9. The molecule has 0 saturated heterocycles. The van der Waals surface area contributed by atoms with Crippen LogP contribution in [0.25, 0.3) is 5.69 Å². The van der Waals surface area contributed by atoms with Crippen molar-refractivity contribution in [2.75, 3.05) is 20.7 Å². The van der Waals surface area contributed by atoms with E-state index in [0.717, 1.165) is 5.69 Å². The van der Waals surface area contributed by atoms with Crippen molar-refractivity contribution in [1.29, 1.82) is 0 Å². The maximum atomic E-state index is 11.4. The molecule has 7 nitrogen and oxygen atoms in total. The van der Waals surface area contributed by atoms with E-state index in [4.69, 9.17) is 4.74 Å². The van der Waals surface area contributed by atoms with Crippen molar-refractivity contribution in [3.8, 4) is 11.4 Å². The van der Waals surface area contributed by atoms with Crippen LogP contribution in [0.5, 0.6) is 5.75 Å². The number of amides is 1. The van der Waals surface area contributed by atoms with Crippen molar-refractivity contribution in [2.45, 2.75) is 0 Å². The number of rotatable bonds is 4. The number of nitrogens with zero attached hydrogens (tertiary/aromatic N) is 5. The van der Waals surface area contributed by atoms with Gasteiger partial charge in [0.2, 0.25) is 0 Å². The Morgan fingerprint density at radius 3 is 2.94 bits per heavy atom. The van der Waals surface area contributed by atoms with Crippen LogP contribution in [0.1, 0.15) is 0 Å². The molecule has 94 valence electrons. The third kappa shape index (κ3) is 2.82. The first-order valence-electron chi connectivity index (χ1n) is 5.33. The lowest BCUT2D eigenvalue weighted by Crippen LogP contribution is -2.27. The molecule has 0 aliphatic carbocycles. The number of tetrazole rings is 1. The molecule has 7 heteroatoms. The summed E-state index contributed by atoms with van der Waals surface area (Å²) in [7, 11) is 3.37. The van der Waals surface area contributed by atoms with E-state index in [2.05, 4.69) is 15.5 Å². The zero-order valence-electron chi connectivity index (χ0n) is 10.1. The Balaban J connectivity index is 2.06. The fraction of sp³-hybridized carbons (Fsp3) is 0.273. The molecule has 2 aromatic rings. The van der Waals surface area contributed by atoms with Crippen molar-refractivity contribution in [3.05, 3.63) is 30.6 Å². The fourth-order valence-corrected chi connectivity index (χ4v) is 1.27. The van der Waals surface area contributed by atoms with Gasteiger partial charge in [-0.3, -0.25) is 4.79 Å². The molecule has 0 unspecified atom stereocenters. The summed E-state index contributed by atoms with van der Waals surface area (Å²) in [6.45, 7) is 0.00601. The third-order valence-corrected chi connectivity index (χ3v) is 2.29. The van der Waals surface area contributed by atoms with Crippen molar-refractivity contribution < 1.29 is 9.53 Å². The molecule has 0 aliphatic heterocycles. The van der Waals surface area contributed by atoms with E-state index >= 15 is 0 Å². The van der Waals surface area contributed by atoms with Gasteiger partial charge in [0.25, 0.3) is 5.91 Å². The molecular formula is C11H13N5O2. The Hall–Kier alpha value is -2.44. The van der Waals surface area contributed by atoms with Gasteiger partial charge in [-0.1, -0.05) is 6.07 Å². The van der Waals surface area contributed by atoms with Gasteiger partial charge in [-0.15, -0.1) is 5.10 Å². The summed E-state index contributed by atoms with van der Waals surface area (Å²) in [5.74, 6) is 0.501. The van der Waals surface area contributed by atoms with Gasteiger partial charge in [-0.05, 0) is 22.6 Å². The van der Waals surface area contributed by atoms with E-state index in [-0.39, 0.29) is 12.5 Å². The van der Waals surface area contributed by atoms with Crippen molar-refractivity contribution >= 4 is 5.91 Å². The van der Waals surface area contributed by atoms with Gasteiger partial charge in [0.05, 0.1) is 5.69 Å². The largest absolute Gasteiger partial charge is 0.484 e. The van der Waals surface area contributed by atoms with Crippen LogP contribution in [-0.4, -0.2) is 51.7 Å². The molecule has 1 amide bonds. The van der Waals surface area contributed by atoms with E-state index in [1.54, 1.807) is 26.2 Å². The highest BCUT2D eigenvalue weighted by atomic mass is 16.5. The maximum absolute atomic E-state index is 11.4. The van der Waals surface area contributed by atoms with E-state index in [9.17, 15) is 4.79 Å². The van der Waals surface area contributed by atoms with Gasteiger partial charge in [0, 0.05) is 20.2 Å². The van der Waals surface area contributed by atoms with Crippen LogP contribution in [0, 0.1) is 0 Å². The minimum atomic E-state index is -0.0946. The van der Waals surface area contributed by atoms with Gasteiger partial charge in [0.15, 0.2) is 6.61 Å². The average Bonchev–Trinajstić information content (AvgIpc) is 2.90. The number of ether oxygens (including phenoxy) is 1. The molecule has 0 bridgehead atoms. The predicted octanol–water partition coefficient (Wildman–Crippen LogP) is 0.129. The summed E-state index contributed by atoms with van der Waals surface area (Å²) in [5.41, 5.74) is 0.773. The standard InChI is InChI=1S/C11H13N5O2/c1-15(2)11(17)7-18-10-5-3-4-9(6-10)16-8-12-13-14-16/h3-6,8H,7H2,1-2H3. The number of hydrogen-bond donors (Lipinski definition) is 0. The van der Waals surface area contributed by atoms with Crippen molar-refractivity contribution in [1.82, 2.24) is 25.1 Å². The smallest absolute Gasteiger partial charge is 0.259 e. The quantitative estimate of drug-likeness (QED) is 0.767. The minimum Gasteiger partial charge on any atom is -0.484 e. The van der Waals surface area contributed by atoms with Crippen LogP contribution in [0.4, 0.5) is 0 Å². The SMILES string of the molecule is CN(C)C(=O)COc1cccc(-n2cnnn2)c1. The summed E-state index contributed by atoms with van der Waals surface area (Å²) in [6, 6.07) is 7.19. The zero-order valence-corrected chi connectivity index (χ0v) is 10.1. The van der Waals surface area contributed by atoms with Crippen LogP contribution in [0.3, 0.4) is 0 Å². The molecular weight excluding hydrogens is 234 g/mol. The summed E-state index contributed by atoms with van der Waals surface area (Å²) in [6.07, 6.45) is 1.49. The van der Waals surface area contributed by atoms with E-state index < -0.39 is 0 Å². The Morgan fingerprint density at radius 1 is 1.44 bits per heavy atom. The van der Waals surface area contributed by atoms with Crippen LogP contribution in [0.2, 0.25) is 0 Å². The highest BCUT2D eigenvalue weighted by Gasteiger charge is 2.06. The molecule has 0 N–H and O–H groups in total. The number of carbonyl (C=O) groups excluding carboxylic acids is 1. The van der Waals surface area contributed by atoms with E-state index in [1.165, 1.54) is 15.9 Å². The second-order valence-corrected chi connectivity index (χ2v) is 3.83. The second kappa shape index (κ2) is 5.26. The lowest BCUT2D eigenvalue weighted by molar-refractivity contribution is -0.130. The average molecular weight is 247 g/mol. The van der Waals surface area contributed by atoms with Gasteiger partial charge >= 0.3 is 0 Å². The normalized spacial score (nSPS) is 10.1. The molecule has 0 radical (unpaired) electrons. The molecule has 0 spiro atoms. The fourth-order valence-electron chi connectivity index (χ4n) is 1.27. The number of aromatic nitrogens is 4. The van der Waals surface area contributed by atoms with Gasteiger partial charge in [-0.2, -0.15) is 0 Å². The number of benzene rings is 1. The predicted molar refractivity (Wildman–Crippen MR) is 63.3 cm³/mol. The van der Waals surface area contributed by atoms with E-state index in [1.807, 2.05) is 12.1 Å². The molecule has 0 saturated carbocycles. The Labute approximate surface area is 104 Å². The molecule has 0 aliphatic rings. The first-order chi connectivity index (χ1) is 8.66. The van der Waals surface area contributed by atoms with Gasteiger partial charge in [0.1, 0.15) is 12.1 Å². The number of likely N-dealkylation sites (N-methyl/N-ethyl adjacent to an activating group) is 1. The second-order valence-electron chi connectivity index (χ2n) is 3.83. The Kier molecular flexibility index (Phi) is 3.52. The highest BCUT2D eigenvalue weighted by Crippen LogP contribution is 2.15. The molecule has 1 aromatic carbocycles. The first-order valence-corrected chi connectivity index (χ1v) is 5.33. The molecule has 2 rings (SSSR count). The lowest BCUT2D eigenvalue weighted by Gasteiger charge is -2.11. The third-order valence-electron chi connectivity index (χ3n) is 2.29. The van der Waals surface area contributed by atoms with Crippen LogP contribution in [-0.2, 0) is 4.79 Å². The van der Waals surface area contributed by atoms with Gasteiger partial charge < -0.3 is 9.64 Å². The topological polar surface area (TPSA) is 73.1 Å². The lowest BCUT2D eigenvalue weighted by atomic mass is 10.3. The van der Waals surface area contributed by atoms with Crippen LogP contribution >= 0.6 is 0 Å². The molecule has 0 fully saturated rings. The number of hydrogen-bond acceptors (Lipinski definition) is 5. The monoisotopic (exact) mass is 247 g/mol. The Morgan fingerprint density at radius 2 is 2.28 bits per heavy atom. The maximum Gasteiger partial charge on any atom is 0.259 e. The van der Waals surface area contributed by atoms with Crippen molar-refractivity contribution in [3.63, 3.8) is 0 Å². The summed E-state index contributed by atoms with van der Waals surface area (Å²) < 4.78 is 6.91. The first kappa shape index (κ1) is 12.0. The van der Waals surface area contributed by atoms with Crippen molar-refractivity contribution in [2.24, 2.45) is 0 Å². The Bertz CT molecular complexity index is 524. The summed E-state index contributed by atoms with van der Waals surface area (Å²) >= 11 is 0. The molecule has 18 heavy (non-hydrogen) atoms.